The van der Waals surface area contributed by atoms with Gasteiger partial charge < -0.3 is 15.0 Å². The van der Waals surface area contributed by atoms with Gasteiger partial charge in [-0.3, -0.25) is 4.79 Å². The van der Waals surface area contributed by atoms with E-state index in [9.17, 15) is 13.2 Å². The standard InChI is InChI=1S/C21H26N4O4S2/c1-14(2)20(21-22-16-5-3-4-6-17(16)23-21)24-18(26)13-15-7-8-19(30-15)31(27,28)25-9-11-29-12-10-25/h3-8,14,20H,9-13H2,1-2H3,(H,22,23)(H,24,26)/t20-/m1/s1. The Kier molecular flexibility index (Phi) is 6.42. The molecule has 1 atom stereocenters. The van der Waals surface area contributed by atoms with Crippen molar-refractivity contribution in [3.8, 4) is 0 Å². The third-order valence-corrected chi connectivity index (χ3v) is 8.67. The highest BCUT2D eigenvalue weighted by atomic mass is 32.2. The molecule has 1 aliphatic rings. The Bertz CT molecular complexity index is 1130. The molecule has 0 radical (unpaired) electrons. The van der Waals surface area contributed by atoms with Crippen molar-refractivity contribution in [2.24, 2.45) is 5.92 Å². The number of morpholine rings is 1. The van der Waals surface area contributed by atoms with E-state index in [-0.39, 0.29) is 28.5 Å². The lowest BCUT2D eigenvalue weighted by Crippen LogP contribution is -2.40. The number of fused-ring (bicyclic) bond motifs is 1. The summed E-state index contributed by atoms with van der Waals surface area (Å²) in [5, 5.41) is 3.05. The van der Waals surface area contributed by atoms with Crippen molar-refractivity contribution in [3.05, 3.63) is 47.1 Å². The minimum atomic E-state index is -3.55. The van der Waals surface area contributed by atoms with Gasteiger partial charge in [0.15, 0.2) is 0 Å². The van der Waals surface area contributed by atoms with E-state index < -0.39 is 10.0 Å². The molecule has 0 aliphatic carbocycles. The Hall–Kier alpha value is -2.27. The predicted molar refractivity (Wildman–Crippen MR) is 119 cm³/mol. The third kappa shape index (κ3) is 4.82. The van der Waals surface area contributed by atoms with Crippen molar-refractivity contribution in [2.75, 3.05) is 26.3 Å². The van der Waals surface area contributed by atoms with Crippen LogP contribution in [0.15, 0.2) is 40.6 Å². The number of para-hydroxylation sites is 2. The lowest BCUT2D eigenvalue weighted by molar-refractivity contribution is -0.121. The molecule has 0 spiro atoms. The molecule has 10 heteroatoms. The Labute approximate surface area is 185 Å². The van der Waals surface area contributed by atoms with Crippen LogP contribution < -0.4 is 5.32 Å². The Morgan fingerprint density at radius 1 is 1.23 bits per heavy atom. The number of nitrogens with one attached hydrogen (secondary N) is 2. The Morgan fingerprint density at radius 3 is 2.68 bits per heavy atom. The summed E-state index contributed by atoms with van der Waals surface area (Å²) in [5.41, 5.74) is 1.78. The van der Waals surface area contributed by atoms with Crippen LogP contribution in [0.5, 0.6) is 0 Å². The van der Waals surface area contributed by atoms with Crippen molar-refractivity contribution in [1.82, 2.24) is 19.6 Å². The van der Waals surface area contributed by atoms with Gasteiger partial charge in [0.2, 0.25) is 5.91 Å². The van der Waals surface area contributed by atoms with Gasteiger partial charge in [0.25, 0.3) is 10.0 Å². The molecule has 4 rings (SSSR count). The normalized spacial score (nSPS) is 16.6. The second-order valence-corrected chi connectivity index (χ2v) is 11.2. The molecule has 8 nitrogen and oxygen atoms in total. The predicted octanol–water partition coefficient (Wildman–Crippen LogP) is 2.70. The minimum absolute atomic E-state index is 0.118. The maximum atomic E-state index is 12.8. The number of thiophene rings is 1. The number of carbonyl (C=O) groups excluding carboxylic acids is 1. The van der Waals surface area contributed by atoms with E-state index in [1.54, 1.807) is 12.1 Å². The first kappa shape index (κ1) is 21.9. The van der Waals surface area contributed by atoms with E-state index >= 15 is 0 Å². The summed E-state index contributed by atoms with van der Waals surface area (Å²) in [6.07, 6.45) is 0.118. The molecule has 0 unspecified atom stereocenters. The molecule has 1 saturated heterocycles. The highest BCUT2D eigenvalue weighted by Gasteiger charge is 2.28. The fourth-order valence-corrected chi connectivity index (χ4v) is 6.48. The van der Waals surface area contributed by atoms with Crippen molar-refractivity contribution in [2.45, 2.75) is 30.5 Å². The SMILES string of the molecule is CC(C)[C@@H](NC(=O)Cc1ccc(S(=O)(=O)N2CCOCC2)s1)c1nc2ccccc2[nH]1. The van der Waals surface area contributed by atoms with Crippen LogP contribution in [0.2, 0.25) is 0 Å². The van der Waals surface area contributed by atoms with Gasteiger partial charge in [-0.1, -0.05) is 26.0 Å². The average Bonchev–Trinajstić information content (AvgIpc) is 3.39. The maximum absolute atomic E-state index is 12.8. The van der Waals surface area contributed by atoms with Crippen LogP contribution in [-0.2, 0) is 26.0 Å². The number of carbonyl (C=O) groups is 1. The number of nitrogens with zero attached hydrogens (tertiary/aromatic N) is 2. The van der Waals surface area contributed by atoms with Gasteiger partial charge in [-0.05, 0) is 30.2 Å². The van der Waals surface area contributed by atoms with E-state index in [1.165, 1.54) is 4.31 Å². The van der Waals surface area contributed by atoms with Gasteiger partial charge in [-0.15, -0.1) is 11.3 Å². The van der Waals surface area contributed by atoms with Crippen LogP contribution in [0, 0.1) is 5.92 Å². The second kappa shape index (κ2) is 9.07. The number of aromatic nitrogens is 2. The van der Waals surface area contributed by atoms with E-state index in [0.29, 0.717) is 37.0 Å². The molecule has 1 amide bonds. The van der Waals surface area contributed by atoms with Crippen molar-refractivity contribution >= 4 is 38.3 Å². The number of amides is 1. The number of aromatic amines is 1. The second-order valence-electron chi connectivity index (χ2n) is 7.84. The number of hydrogen-bond donors (Lipinski definition) is 2. The number of H-pyrrole nitrogens is 1. The Morgan fingerprint density at radius 2 is 1.97 bits per heavy atom. The van der Waals surface area contributed by atoms with Gasteiger partial charge in [0, 0.05) is 18.0 Å². The highest BCUT2D eigenvalue weighted by molar-refractivity contribution is 7.91. The summed E-state index contributed by atoms with van der Waals surface area (Å²) in [4.78, 5) is 21.4. The molecule has 2 N–H and O–H groups in total. The summed E-state index contributed by atoms with van der Waals surface area (Å²) >= 11 is 1.14. The smallest absolute Gasteiger partial charge is 0.252 e. The molecular formula is C21H26N4O4S2. The lowest BCUT2D eigenvalue weighted by Gasteiger charge is -2.25. The number of imidazole rings is 1. The van der Waals surface area contributed by atoms with Gasteiger partial charge in [-0.25, -0.2) is 13.4 Å². The zero-order valence-electron chi connectivity index (χ0n) is 17.5. The molecule has 3 heterocycles. The summed E-state index contributed by atoms with van der Waals surface area (Å²) in [7, 11) is -3.55. The first-order valence-electron chi connectivity index (χ1n) is 10.2. The molecule has 1 aromatic carbocycles. The molecule has 2 aromatic heterocycles. The molecule has 1 fully saturated rings. The van der Waals surface area contributed by atoms with E-state index in [4.69, 9.17) is 4.74 Å². The summed E-state index contributed by atoms with van der Waals surface area (Å²) in [5.74, 6) is 0.674. The summed E-state index contributed by atoms with van der Waals surface area (Å²) in [6.45, 7) is 5.55. The molecule has 3 aromatic rings. The molecule has 166 valence electrons. The van der Waals surface area contributed by atoms with Gasteiger partial charge in [0.05, 0.1) is 36.7 Å². The van der Waals surface area contributed by atoms with Crippen LogP contribution >= 0.6 is 11.3 Å². The van der Waals surface area contributed by atoms with Gasteiger partial charge >= 0.3 is 0 Å². The average molecular weight is 463 g/mol. The zero-order chi connectivity index (χ0) is 22.0. The van der Waals surface area contributed by atoms with E-state index in [0.717, 1.165) is 22.4 Å². The topological polar surface area (TPSA) is 104 Å². The molecule has 1 aliphatic heterocycles. The van der Waals surface area contributed by atoms with Crippen molar-refractivity contribution in [1.29, 1.82) is 0 Å². The van der Waals surface area contributed by atoms with Crippen LogP contribution in [0.25, 0.3) is 11.0 Å². The van der Waals surface area contributed by atoms with Crippen molar-refractivity contribution in [3.63, 3.8) is 0 Å². The third-order valence-electron chi connectivity index (χ3n) is 5.22. The number of ether oxygens (including phenoxy) is 1. The molecular weight excluding hydrogens is 436 g/mol. The summed E-state index contributed by atoms with van der Waals surface area (Å²) < 4.78 is 32.5. The van der Waals surface area contributed by atoms with Crippen LogP contribution in [-0.4, -0.2) is 54.9 Å². The molecule has 0 bridgehead atoms. The minimum Gasteiger partial charge on any atom is -0.379 e. The first-order chi connectivity index (χ1) is 14.8. The van der Waals surface area contributed by atoms with Crippen LogP contribution in [0.3, 0.4) is 0 Å². The first-order valence-corrected chi connectivity index (χ1v) is 12.5. The van der Waals surface area contributed by atoms with Gasteiger partial charge in [0.1, 0.15) is 10.0 Å². The number of rotatable bonds is 7. The molecule has 31 heavy (non-hydrogen) atoms. The van der Waals surface area contributed by atoms with Gasteiger partial charge in [-0.2, -0.15) is 4.31 Å². The molecule has 0 saturated carbocycles. The fourth-order valence-electron chi connectivity index (χ4n) is 3.56. The number of benzene rings is 1. The largest absolute Gasteiger partial charge is 0.379 e. The number of sulfonamides is 1. The highest BCUT2D eigenvalue weighted by Crippen LogP contribution is 2.27. The monoisotopic (exact) mass is 462 g/mol. The van der Waals surface area contributed by atoms with Crippen LogP contribution in [0.1, 0.15) is 30.6 Å². The van der Waals surface area contributed by atoms with E-state index in [1.807, 2.05) is 38.1 Å². The van der Waals surface area contributed by atoms with Crippen LogP contribution in [0.4, 0.5) is 0 Å². The maximum Gasteiger partial charge on any atom is 0.252 e. The Balaban J connectivity index is 1.45. The lowest BCUT2D eigenvalue weighted by atomic mass is 10.0. The number of hydrogen-bond acceptors (Lipinski definition) is 6. The zero-order valence-corrected chi connectivity index (χ0v) is 19.1. The summed E-state index contributed by atoms with van der Waals surface area (Å²) in [6, 6.07) is 10.8. The van der Waals surface area contributed by atoms with Crippen molar-refractivity contribution < 1.29 is 17.9 Å². The fraction of sp³-hybridized carbons (Fsp3) is 0.429. The van der Waals surface area contributed by atoms with E-state index in [2.05, 4.69) is 15.3 Å². The quantitative estimate of drug-likeness (QED) is 0.562.